The van der Waals surface area contributed by atoms with Gasteiger partial charge in [-0.3, -0.25) is 0 Å². The molecule has 5 heteroatoms. The maximum Gasteiger partial charge on any atom is 0.0590 e. The van der Waals surface area contributed by atoms with Crippen LogP contribution in [-0.2, 0) is 9.59 Å². The standard InChI is InChI=1S/C10H19NO4/c1-3-4-5-6-11-8(10(14)15)7(2)9(12)13/h7-8,11H,3-6H2,1-2H3,(H,12,13)(H,14,15)/p-2. The minimum absolute atomic E-state index is 0.476. The summed E-state index contributed by atoms with van der Waals surface area (Å²) >= 11 is 0. The van der Waals surface area contributed by atoms with Gasteiger partial charge in [0.1, 0.15) is 0 Å². The largest absolute Gasteiger partial charge is 0.550 e. The Morgan fingerprint density at radius 3 is 2.20 bits per heavy atom. The van der Waals surface area contributed by atoms with Gasteiger partial charge in [-0.05, 0) is 13.0 Å². The second kappa shape index (κ2) is 7.23. The number of unbranched alkanes of at least 4 members (excludes halogenated alkanes) is 2. The minimum atomic E-state index is -1.40. The van der Waals surface area contributed by atoms with Gasteiger partial charge in [0, 0.05) is 11.9 Å². The molecule has 2 atom stereocenters. The Labute approximate surface area is 89.5 Å². The Balaban J connectivity index is 4.05. The smallest absolute Gasteiger partial charge is 0.0590 e. The molecule has 0 amide bonds. The second-order valence-electron chi connectivity index (χ2n) is 3.57. The molecular weight excluding hydrogens is 198 g/mol. The maximum absolute atomic E-state index is 10.6. The highest BCUT2D eigenvalue weighted by Gasteiger charge is 2.18. The molecule has 1 N–H and O–H groups in total. The van der Waals surface area contributed by atoms with Crippen molar-refractivity contribution in [2.75, 3.05) is 6.54 Å². The maximum atomic E-state index is 10.6. The van der Waals surface area contributed by atoms with E-state index in [1.165, 1.54) is 6.92 Å². The van der Waals surface area contributed by atoms with Crippen molar-refractivity contribution in [1.29, 1.82) is 0 Å². The molecule has 0 aromatic carbocycles. The van der Waals surface area contributed by atoms with Gasteiger partial charge in [-0.25, -0.2) is 0 Å². The van der Waals surface area contributed by atoms with Gasteiger partial charge in [0.15, 0.2) is 0 Å². The van der Waals surface area contributed by atoms with Gasteiger partial charge < -0.3 is 25.1 Å². The van der Waals surface area contributed by atoms with Gasteiger partial charge >= 0.3 is 0 Å². The summed E-state index contributed by atoms with van der Waals surface area (Å²) in [7, 11) is 0. The molecular formula is C10H17NO4-2. The molecule has 0 aliphatic heterocycles. The normalized spacial score (nSPS) is 14.5. The van der Waals surface area contributed by atoms with E-state index in [0.29, 0.717) is 6.54 Å². The molecule has 5 nitrogen and oxygen atoms in total. The molecule has 88 valence electrons. The van der Waals surface area contributed by atoms with Crippen LogP contribution in [0.5, 0.6) is 0 Å². The average Bonchev–Trinajstić information content (AvgIpc) is 2.16. The molecule has 0 saturated heterocycles. The fraction of sp³-hybridized carbons (Fsp3) is 0.800. The van der Waals surface area contributed by atoms with Crippen LogP contribution in [-0.4, -0.2) is 24.5 Å². The summed E-state index contributed by atoms with van der Waals surface area (Å²) in [6.07, 6.45) is 2.82. The number of aliphatic carboxylic acids is 2. The van der Waals surface area contributed by atoms with Crippen molar-refractivity contribution >= 4 is 11.9 Å². The van der Waals surface area contributed by atoms with Crippen molar-refractivity contribution in [3.63, 3.8) is 0 Å². The molecule has 0 bridgehead atoms. The van der Waals surface area contributed by atoms with E-state index in [2.05, 4.69) is 5.32 Å². The van der Waals surface area contributed by atoms with E-state index in [-0.39, 0.29) is 0 Å². The van der Waals surface area contributed by atoms with Crippen LogP contribution >= 0.6 is 0 Å². The lowest BCUT2D eigenvalue weighted by atomic mass is 10.0. The summed E-state index contributed by atoms with van der Waals surface area (Å²) in [6.45, 7) is 3.80. The van der Waals surface area contributed by atoms with Gasteiger partial charge in [-0.15, -0.1) is 0 Å². The van der Waals surface area contributed by atoms with E-state index in [1.807, 2.05) is 6.92 Å². The quantitative estimate of drug-likeness (QED) is 0.486. The molecule has 2 unspecified atom stereocenters. The summed E-state index contributed by atoms with van der Waals surface area (Å²) in [5, 5.41) is 23.8. The number of nitrogens with one attached hydrogen (secondary N) is 1. The molecule has 0 aliphatic rings. The number of hydrogen-bond acceptors (Lipinski definition) is 5. The van der Waals surface area contributed by atoms with E-state index in [4.69, 9.17) is 0 Å². The molecule has 0 aliphatic carbocycles. The summed E-state index contributed by atoms with van der Waals surface area (Å²) in [6, 6.07) is -1.17. The van der Waals surface area contributed by atoms with E-state index in [1.54, 1.807) is 0 Å². The van der Waals surface area contributed by atoms with Crippen LogP contribution in [0.2, 0.25) is 0 Å². The third kappa shape index (κ3) is 5.37. The summed E-state index contributed by atoms with van der Waals surface area (Å²) < 4.78 is 0. The molecule has 0 heterocycles. The van der Waals surface area contributed by atoms with E-state index in [9.17, 15) is 19.8 Å². The number of rotatable bonds is 8. The summed E-state index contributed by atoms with van der Waals surface area (Å²) in [5.41, 5.74) is 0. The monoisotopic (exact) mass is 215 g/mol. The van der Waals surface area contributed by atoms with E-state index in [0.717, 1.165) is 19.3 Å². The fourth-order valence-corrected chi connectivity index (χ4v) is 1.23. The van der Waals surface area contributed by atoms with Crippen LogP contribution in [0, 0.1) is 5.92 Å². The highest BCUT2D eigenvalue weighted by Crippen LogP contribution is 2.02. The molecule has 0 aromatic heterocycles. The predicted molar refractivity (Wildman–Crippen MR) is 50.5 cm³/mol. The van der Waals surface area contributed by atoms with Crippen molar-refractivity contribution in [2.24, 2.45) is 5.92 Å². The third-order valence-corrected chi connectivity index (χ3v) is 2.27. The zero-order valence-corrected chi connectivity index (χ0v) is 9.12. The number of carboxylic acid groups (broad SMARTS) is 2. The SMILES string of the molecule is CCCCCNC(C(=O)[O-])C(C)C(=O)[O-]. The number of carbonyl (C=O) groups excluding carboxylic acids is 2. The average molecular weight is 215 g/mol. The Morgan fingerprint density at radius 1 is 1.20 bits per heavy atom. The lowest BCUT2D eigenvalue weighted by Gasteiger charge is -2.26. The minimum Gasteiger partial charge on any atom is -0.550 e. The van der Waals surface area contributed by atoms with E-state index >= 15 is 0 Å². The summed E-state index contributed by atoms with van der Waals surface area (Å²) in [5.74, 6) is -3.87. The molecule has 0 saturated carbocycles. The zero-order valence-electron chi connectivity index (χ0n) is 9.12. The van der Waals surface area contributed by atoms with Crippen molar-refractivity contribution in [3.05, 3.63) is 0 Å². The van der Waals surface area contributed by atoms with Crippen molar-refractivity contribution in [2.45, 2.75) is 39.2 Å². The lowest BCUT2D eigenvalue weighted by molar-refractivity contribution is -0.322. The van der Waals surface area contributed by atoms with Gasteiger partial charge in [0.2, 0.25) is 0 Å². The van der Waals surface area contributed by atoms with Gasteiger partial charge in [0.25, 0.3) is 0 Å². The molecule has 15 heavy (non-hydrogen) atoms. The van der Waals surface area contributed by atoms with Crippen LogP contribution in [0.25, 0.3) is 0 Å². The Kier molecular flexibility index (Phi) is 6.70. The number of hydrogen-bond donors (Lipinski definition) is 1. The lowest BCUT2D eigenvalue weighted by Crippen LogP contribution is -2.54. The van der Waals surface area contributed by atoms with Gasteiger partial charge in [-0.1, -0.05) is 26.7 Å². The molecule has 0 fully saturated rings. The first-order valence-electron chi connectivity index (χ1n) is 5.15. The topological polar surface area (TPSA) is 92.3 Å². The zero-order chi connectivity index (χ0) is 11.8. The second-order valence-corrected chi connectivity index (χ2v) is 3.57. The van der Waals surface area contributed by atoms with Crippen LogP contribution in [0.1, 0.15) is 33.1 Å². The first-order chi connectivity index (χ1) is 7.00. The first-order valence-corrected chi connectivity index (χ1v) is 5.15. The van der Waals surface area contributed by atoms with E-state index < -0.39 is 23.9 Å². The number of carbonyl (C=O) groups is 2. The molecule has 0 spiro atoms. The first kappa shape index (κ1) is 13.9. The predicted octanol–water partition coefficient (Wildman–Crippen LogP) is -1.73. The highest BCUT2D eigenvalue weighted by molar-refractivity contribution is 5.80. The number of carboxylic acids is 2. The Bertz CT molecular complexity index is 217. The highest BCUT2D eigenvalue weighted by atomic mass is 16.4. The van der Waals surface area contributed by atoms with Gasteiger partial charge in [-0.2, -0.15) is 0 Å². The third-order valence-electron chi connectivity index (χ3n) is 2.27. The van der Waals surface area contributed by atoms with Crippen molar-refractivity contribution in [1.82, 2.24) is 5.32 Å². The van der Waals surface area contributed by atoms with Crippen LogP contribution in [0.3, 0.4) is 0 Å². The molecule has 0 rings (SSSR count). The van der Waals surface area contributed by atoms with Crippen molar-refractivity contribution < 1.29 is 19.8 Å². The fourth-order valence-electron chi connectivity index (χ4n) is 1.23. The van der Waals surface area contributed by atoms with Crippen molar-refractivity contribution in [3.8, 4) is 0 Å². The van der Waals surface area contributed by atoms with Crippen LogP contribution < -0.4 is 15.5 Å². The van der Waals surface area contributed by atoms with Crippen LogP contribution in [0.15, 0.2) is 0 Å². The molecule has 0 radical (unpaired) electrons. The Hall–Kier alpha value is -1.10. The Morgan fingerprint density at radius 2 is 1.80 bits per heavy atom. The van der Waals surface area contributed by atoms with Crippen LogP contribution in [0.4, 0.5) is 0 Å². The summed E-state index contributed by atoms with van der Waals surface area (Å²) in [4.78, 5) is 21.1. The van der Waals surface area contributed by atoms with Gasteiger partial charge in [0.05, 0.1) is 12.0 Å². The molecule has 0 aromatic rings.